The standard InChI is InChI=1S/C65H42N10/c1-3-14-45-38-48(24-22-43(45)12-1)64-70-63(71-65(72-64)49-25-23-44-13-2-4-15-46(44)39-49)47-16-11-17-52(40-47)75-58-27-26-53(73(50-28-34-66-35-29-50)60-20-7-9-32-68-60)41-56(58)57-42-59(54-18-5-6-19-55(54)62(57)75)74(51-30-36-67-37-31-51)61-21-8-10-33-69-61/h1-42H. The Morgan fingerprint density at radius 2 is 0.853 bits per heavy atom. The van der Waals surface area contributed by atoms with Crippen LogP contribution in [0, 0.1) is 0 Å². The summed E-state index contributed by atoms with van der Waals surface area (Å²) in [7, 11) is 0. The van der Waals surface area contributed by atoms with Crippen LogP contribution in [0.4, 0.5) is 34.4 Å². The van der Waals surface area contributed by atoms with Crippen LogP contribution in [0.15, 0.2) is 256 Å². The van der Waals surface area contributed by atoms with Crippen molar-refractivity contribution in [2.75, 3.05) is 9.80 Å². The summed E-state index contributed by atoms with van der Waals surface area (Å²) in [4.78, 5) is 38.7. The van der Waals surface area contributed by atoms with Gasteiger partial charge in [-0.1, -0.05) is 121 Å². The van der Waals surface area contributed by atoms with Crippen LogP contribution >= 0.6 is 0 Å². The molecule has 10 heteroatoms. The monoisotopic (exact) mass is 962 g/mol. The Morgan fingerprint density at radius 3 is 1.45 bits per heavy atom. The zero-order chi connectivity index (χ0) is 49.7. The second kappa shape index (κ2) is 18.3. The van der Waals surface area contributed by atoms with Crippen molar-refractivity contribution in [3.8, 4) is 39.9 Å². The number of hydrogen-bond donors (Lipinski definition) is 0. The number of aromatic nitrogens is 8. The number of rotatable bonds is 10. The summed E-state index contributed by atoms with van der Waals surface area (Å²) in [5, 5.41) is 8.75. The topological polar surface area (TPSA) is 102 Å². The summed E-state index contributed by atoms with van der Waals surface area (Å²) in [6.45, 7) is 0. The van der Waals surface area contributed by atoms with E-state index in [1.807, 2.05) is 97.8 Å². The first-order chi connectivity index (χ1) is 37.2. The maximum Gasteiger partial charge on any atom is 0.164 e. The van der Waals surface area contributed by atoms with E-state index in [0.717, 1.165) is 111 Å². The highest BCUT2D eigenvalue weighted by Gasteiger charge is 2.25. The average molecular weight is 963 g/mol. The predicted octanol–water partition coefficient (Wildman–Crippen LogP) is 15.9. The fourth-order valence-corrected chi connectivity index (χ4v) is 10.4. The quantitative estimate of drug-likeness (QED) is 0.133. The molecule has 14 rings (SSSR count). The van der Waals surface area contributed by atoms with Crippen LogP contribution in [-0.2, 0) is 0 Å². The molecule has 0 aliphatic rings. The van der Waals surface area contributed by atoms with Gasteiger partial charge in [-0.3, -0.25) is 19.8 Å². The number of nitrogens with zero attached hydrogens (tertiary/aromatic N) is 10. The van der Waals surface area contributed by atoms with E-state index >= 15 is 0 Å². The number of benzene rings is 8. The highest BCUT2D eigenvalue weighted by atomic mass is 15.2. The molecule has 0 aliphatic heterocycles. The van der Waals surface area contributed by atoms with Crippen LogP contribution in [0.2, 0.25) is 0 Å². The van der Waals surface area contributed by atoms with Gasteiger partial charge in [0, 0.05) is 86.8 Å². The van der Waals surface area contributed by atoms with Gasteiger partial charge in [-0.2, -0.15) is 0 Å². The number of anilines is 6. The molecule has 14 aromatic rings. The SMILES string of the molecule is c1ccc(N(c2ccncc2)c2ccc3c(c2)c2cc(N(c4ccncc4)c4ccccn4)c4ccccc4c2n3-c2cccc(-c3nc(-c4ccc5ccccc5c4)nc(-c4ccc5ccccc5c4)n3)c2)nc1. The maximum absolute atomic E-state index is 5.28. The molecule has 0 amide bonds. The zero-order valence-corrected chi connectivity index (χ0v) is 40.2. The highest BCUT2D eigenvalue weighted by molar-refractivity contribution is 6.23. The van der Waals surface area contributed by atoms with E-state index in [0.29, 0.717) is 17.5 Å². The molecule has 0 fully saturated rings. The molecule has 0 unspecified atom stereocenters. The predicted molar refractivity (Wildman–Crippen MR) is 304 cm³/mol. The summed E-state index contributed by atoms with van der Waals surface area (Å²) in [5.74, 6) is 3.34. The molecule has 10 nitrogen and oxygen atoms in total. The molecule has 0 N–H and O–H groups in total. The van der Waals surface area contributed by atoms with Crippen molar-refractivity contribution in [1.29, 1.82) is 0 Å². The van der Waals surface area contributed by atoms with E-state index in [-0.39, 0.29) is 0 Å². The van der Waals surface area contributed by atoms with Crippen LogP contribution in [0.25, 0.3) is 94.0 Å². The lowest BCUT2D eigenvalue weighted by molar-refractivity contribution is 1.07. The average Bonchev–Trinajstić information content (AvgIpc) is 3.82. The third-order valence-electron chi connectivity index (χ3n) is 13.8. The van der Waals surface area contributed by atoms with Crippen molar-refractivity contribution in [3.05, 3.63) is 256 Å². The highest BCUT2D eigenvalue weighted by Crippen LogP contribution is 2.46. The molecule has 0 radical (unpaired) electrons. The summed E-state index contributed by atoms with van der Waals surface area (Å²) in [6, 6.07) is 75.8. The van der Waals surface area contributed by atoms with Crippen molar-refractivity contribution in [3.63, 3.8) is 0 Å². The molecule has 75 heavy (non-hydrogen) atoms. The van der Waals surface area contributed by atoms with Gasteiger partial charge in [-0.05, 0) is 119 Å². The van der Waals surface area contributed by atoms with Gasteiger partial charge in [0.25, 0.3) is 0 Å². The van der Waals surface area contributed by atoms with Crippen LogP contribution in [-0.4, -0.2) is 39.5 Å². The summed E-state index contributed by atoms with van der Waals surface area (Å²) in [6.07, 6.45) is 10.9. The molecule has 0 spiro atoms. The van der Waals surface area contributed by atoms with Crippen LogP contribution in [0.1, 0.15) is 0 Å². The second-order valence-corrected chi connectivity index (χ2v) is 18.3. The van der Waals surface area contributed by atoms with E-state index in [1.54, 1.807) is 0 Å². The molecular weight excluding hydrogens is 921 g/mol. The molecule has 0 saturated heterocycles. The van der Waals surface area contributed by atoms with E-state index in [2.05, 4.69) is 182 Å². The van der Waals surface area contributed by atoms with Gasteiger partial charge in [0.1, 0.15) is 11.6 Å². The molecule has 8 aromatic carbocycles. The fourth-order valence-electron chi connectivity index (χ4n) is 10.4. The molecular formula is C65H42N10. The first kappa shape index (κ1) is 43.3. The molecule has 0 aliphatic carbocycles. The molecule has 6 heterocycles. The minimum Gasteiger partial charge on any atom is -0.309 e. The minimum absolute atomic E-state index is 0.570. The van der Waals surface area contributed by atoms with Gasteiger partial charge < -0.3 is 4.57 Å². The van der Waals surface area contributed by atoms with Crippen LogP contribution in [0.5, 0.6) is 0 Å². The Balaban J connectivity index is 1.02. The van der Waals surface area contributed by atoms with Crippen molar-refractivity contribution < 1.29 is 0 Å². The second-order valence-electron chi connectivity index (χ2n) is 18.3. The van der Waals surface area contributed by atoms with E-state index in [9.17, 15) is 0 Å². The summed E-state index contributed by atoms with van der Waals surface area (Å²) >= 11 is 0. The van der Waals surface area contributed by atoms with Gasteiger partial charge in [0.2, 0.25) is 0 Å². The molecule has 6 aromatic heterocycles. The van der Waals surface area contributed by atoms with Gasteiger partial charge in [0.15, 0.2) is 17.5 Å². The molecule has 0 atom stereocenters. The molecule has 352 valence electrons. The van der Waals surface area contributed by atoms with E-state index in [4.69, 9.17) is 24.9 Å². The molecule has 0 bridgehead atoms. The Morgan fingerprint density at radius 1 is 0.320 bits per heavy atom. The Hall–Kier alpha value is -10.5. The van der Waals surface area contributed by atoms with Crippen LogP contribution < -0.4 is 9.80 Å². The lowest BCUT2D eigenvalue weighted by Crippen LogP contribution is -2.12. The van der Waals surface area contributed by atoms with E-state index in [1.165, 1.54) is 0 Å². The minimum atomic E-state index is 0.570. The van der Waals surface area contributed by atoms with Gasteiger partial charge >= 0.3 is 0 Å². The van der Waals surface area contributed by atoms with Gasteiger partial charge in [-0.25, -0.2) is 24.9 Å². The lowest BCUT2D eigenvalue weighted by atomic mass is 10.0. The summed E-state index contributed by atoms with van der Waals surface area (Å²) in [5.41, 5.74) is 9.48. The van der Waals surface area contributed by atoms with E-state index < -0.39 is 0 Å². The Bertz CT molecular complexity index is 4260. The first-order valence-electron chi connectivity index (χ1n) is 24.8. The smallest absolute Gasteiger partial charge is 0.164 e. The third-order valence-corrected chi connectivity index (χ3v) is 13.8. The lowest BCUT2D eigenvalue weighted by Gasteiger charge is -2.26. The molecule has 0 saturated carbocycles. The third kappa shape index (κ3) is 7.81. The number of hydrogen-bond acceptors (Lipinski definition) is 9. The fraction of sp³-hybridized carbons (Fsp3) is 0. The van der Waals surface area contributed by atoms with Gasteiger partial charge in [-0.15, -0.1) is 0 Å². The van der Waals surface area contributed by atoms with Crippen molar-refractivity contribution >= 4 is 88.5 Å². The largest absolute Gasteiger partial charge is 0.309 e. The van der Waals surface area contributed by atoms with Crippen molar-refractivity contribution in [2.24, 2.45) is 0 Å². The Kier molecular flexibility index (Phi) is 10.6. The van der Waals surface area contributed by atoms with Crippen LogP contribution in [0.3, 0.4) is 0 Å². The normalized spacial score (nSPS) is 11.5. The zero-order valence-electron chi connectivity index (χ0n) is 40.2. The number of fused-ring (bicyclic) bond motifs is 7. The number of pyridine rings is 4. The maximum atomic E-state index is 5.28. The summed E-state index contributed by atoms with van der Waals surface area (Å²) < 4.78 is 2.38. The Labute approximate surface area is 431 Å². The van der Waals surface area contributed by atoms with Crippen molar-refractivity contribution in [1.82, 2.24) is 39.5 Å². The first-order valence-corrected chi connectivity index (χ1v) is 24.8. The van der Waals surface area contributed by atoms with Gasteiger partial charge in [0.05, 0.1) is 28.1 Å². The van der Waals surface area contributed by atoms with Crippen molar-refractivity contribution in [2.45, 2.75) is 0 Å².